The Morgan fingerprint density at radius 3 is 2.48 bits per heavy atom. The van der Waals surface area contributed by atoms with E-state index in [-0.39, 0.29) is 0 Å². The third kappa shape index (κ3) is 3.50. The number of anilines is 1. The summed E-state index contributed by atoms with van der Waals surface area (Å²) >= 11 is 0. The highest BCUT2D eigenvalue weighted by molar-refractivity contribution is 7.91. The van der Waals surface area contributed by atoms with Gasteiger partial charge in [0.05, 0.1) is 4.90 Å². The fraction of sp³-hybridized carbons (Fsp3) is 0.350. The summed E-state index contributed by atoms with van der Waals surface area (Å²) in [5, 5.41) is 11.8. The van der Waals surface area contributed by atoms with Gasteiger partial charge in [0, 0.05) is 12.2 Å². The predicted molar refractivity (Wildman–Crippen MR) is 107 cm³/mol. The summed E-state index contributed by atoms with van der Waals surface area (Å²) in [5.41, 5.74) is 6.94. The minimum atomic E-state index is -3.29. The van der Waals surface area contributed by atoms with Crippen molar-refractivity contribution in [3.8, 4) is 0 Å². The van der Waals surface area contributed by atoms with E-state index in [4.69, 9.17) is 5.14 Å². The maximum atomic E-state index is 12.8. The van der Waals surface area contributed by atoms with Crippen molar-refractivity contribution < 1.29 is 9.00 Å². The van der Waals surface area contributed by atoms with Gasteiger partial charge in [0.15, 0.2) is 0 Å². The first kappa shape index (κ1) is 18.2. The third-order valence-electron chi connectivity index (χ3n) is 5.34. The fourth-order valence-electron chi connectivity index (χ4n) is 3.91. The molecule has 0 radical (unpaired) electrons. The Hall–Kier alpha value is -2.22. The molecule has 0 bridgehead atoms. The number of benzene rings is 2. The minimum absolute atomic E-state index is 0.351. The average Bonchev–Trinajstić information content (AvgIpc) is 3.06. The molecule has 7 heteroatoms. The summed E-state index contributed by atoms with van der Waals surface area (Å²) in [5.74, 6) is 0. The second-order valence-corrected chi connectivity index (χ2v) is 8.94. The number of nitrogens with one attached hydrogen (secondary N) is 2. The molecule has 4 rings (SSSR count). The van der Waals surface area contributed by atoms with Crippen LogP contribution in [0.15, 0.2) is 39.6 Å². The largest absolute Gasteiger partial charge is 0.354 e. The van der Waals surface area contributed by atoms with Crippen LogP contribution in [0.1, 0.15) is 34.2 Å². The Labute approximate surface area is 159 Å². The van der Waals surface area contributed by atoms with Gasteiger partial charge in [0.25, 0.3) is 0 Å². The van der Waals surface area contributed by atoms with E-state index in [2.05, 4.69) is 21.1 Å². The summed E-state index contributed by atoms with van der Waals surface area (Å²) in [4.78, 5) is 12.9. The van der Waals surface area contributed by atoms with E-state index in [0.29, 0.717) is 11.4 Å². The van der Waals surface area contributed by atoms with Gasteiger partial charge in [-0.15, -0.1) is 4.36 Å². The lowest BCUT2D eigenvalue weighted by Crippen LogP contribution is -2.21. The second-order valence-electron chi connectivity index (χ2n) is 7.14. The van der Waals surface area contributed by atoms with Crippen LogP contribution in [0.4, 0.5) is 10.5 Å². The van der Waals surface area contributed by atoms with Gasteiger partial charge in [-0.3, -0.25) is 0 Å². The van der Waals surface area contributed by atoms with Crippen molar-refractivity contribution in [1.29, 1.82) is 0 Å². The van der Waals surface area contributed by atoms with Crippen LogP contribution >= 0.6 is 0 Å². The van der Waals surface area contributed by atoms with Crippen molar-refractivity contribution in [3.63, 3.8) is 0 Å². The van der Waals surface area contributed by atoms with E-state index >= 15 is 0 Å². The molecule has 0 aromatic heterocycles. The molecule has 0 fully saturated rings. The second kappa shape index (κ2) is 7.07. The van der Waals surface area contributed by atoms with Gasteiger partial charge in [0.1, 0.15) is 9.92 Å². The predicted octanol–water partition coefficient (Wildman–Crippen LogP) is 2.93. The standard InChI is InChI=1S/C20H24N4O2S/c1-22-12-13-5-8-16(9-6-13)27(21,26)24-20(25)23-19-17-4-2-3-14(17)11-15-7-10-18(15)19/h5-6,8-9,11,22H,2-4,7,10,12H2,1H3,(H3,21,23,24,25,26)/t27-/m1/s1. The van der Waals surface area contributed by atoms with Crippen LogP contribution in [0.2, 0.25) is 0 Å². The molecule has 6 nitrogen and oxygen atoms in total. The van der Waals surface area contributed by atoms with Crippen LogP contribution in [-0.2, 0) is 42.1 Å². The quantitative estimate of drug-likeness (QED) is 0.756. The summed E-state index contributed by atoms with van der Waals surface area (Å²) in [6.07, 6.45) is 5.13. The van der Waals surface area contributed by atoms with E-state index in [1.165, 1.54) is 22.3 Å². The molecular weight excluding hydrogens is 360 g/mol. The van der Waals surface area contributed by atoms with E-state index in [9.17, 15) is 9.00 Å². The molecule has 2 aliphatic rings. The number of aryl methyl sites for hydroxylation is 2. The highest BCUT2D eigenvalue weighted by Gasteiger charge is 2.26. The first-order valence-electron chi connectivity index (χ1n) is 9.24. The Morgan fingerprint density at radius 2 is 1.81 bits per heavy atom. The van der Waals surface area contributed by atoms with Crippen LogP contribution < -0.4 is 15.8 Å². The highest BCUT2D eigenvalue weighted by Crippen LogP contribution is 2.39. The maximum Gasteiger partial charge on any atom is 0.354 e. The zero-order valence-electron chi connectivity index (χ0n) is 15.4. The molecule has 2 aromatic carbocycles. The number of hydrogen-bond donors (Lipinski definition) is 3. The molecule has 0 aliphatic heterocycles. The highest BCUT2D eigenvalue weighted by atomic mass is 32.2. The van der Waals surface area contributed by atoms with Crippen molar-refractivity contribution in [2.75, 3.05) is 12.4 Å². The van der Waals surface area contributed by atoms with Crippen molar-refractivity contribution in [3.05, 3.63) is 58.1 Å². The molecule has 27 heavy (non-hydrogen) atoms. The number of hydrogen-bond acceptors (Lipinski definition) is 3. The summed E-state index contributed by atoms with van der Waals surface area (Å²) in [6, 6.07) is 8.62. The molecular formula is C20H24N4O2S. The van der Waals surface area contributed by atoms with Crippen molar-refractivity contribution in [1.82, 2.24) is 5.32 Å². The zero-order chi connectivity index (χ0) is 19.0. The number of fused-ring (bicyclic) bond motifs is 2. The number of rotatable bonds is 4. The first-order valence-corrected chi connectivity index (χ1v) is 10.8. The number of nitrogens with zero attached hydrogens (tertiary/aromatic N) is 1. The van der Waals surface area contributed by atoms with Gasteiger partial charge in [-0.2, -0.15) is 0 Å². The van der Waals surface area contributed by atoms with Crippen LogP contribution in [0.5, 0.6) is 0 Å². The molecule has 142 valence electrons. The van der Waals surface area contributed by atoms with Crippen LogP contribution in [0.3, 0.4) is 0 Å². The molecule has 0 heterocycles. The Bertz CT molecular complexity index is 1020. The first-order chi connectivity index (χ1) is 13.0. The Kier molecular flexibility index (Phi) is 4.75. The number of carbonyl (C=O) groups excluding carboxylic acids is 1. The summed E-state index contributed by atoms with van der Waals surface area (Å²) in [7, 11) is -1.43. The smallest absolute Gasteiger partial charge is 0.316 e. The average molecular weight is 385 g/mol. The van der Waals surface area contributed by atoms with Crippen molar-refractivity contribution >= 4 is 21.6 Å². The van der Waals surface area contributed by atoms with Crippen molar-refractivity contribution in [2.45, 2.75) is 43.5 Å². The fourth-order valence-corrected chi connectivity index (χ4v) is 4.83. The summed E-state index contributed by atoms with van der Waals surface area (Å²) < 4.78 is 16.6. The lowest BCUT2D eigenvalue weighted by atomic mass is 9.83. The van der Waals surface area contributed by atoms with E-state index in [0.717, 1.165) is 43.4 Å². The SMILES string of the molecule is CNCc1ccc([S@](N)(=O)=NC(=O)Nc2c3c(cc4c2CC4)CCC3)cc1. The lowest BCUT2D eigenvalue weighted by Gasteiger charge is -2.25. The molecule has 2 aromatic rings. The molecule has 1 atom stereocenters. The van der Waals surface area contributed by atoms with Crippen LogP contribution in [-0.4, -0.2) is 17.3 Å². The zero-order valence-corrected chi connectivity index (χ0v) is 16.2. The van der Waals surface area contributed by atoms with Gasteiger partial charge in [-0.25, -0.2) is 14.1 Å². The van der Waals surface area contributed by atoms with E-state index < -0.39 is 15.9 Å². The monoisotopic (exact) mass is 384 g/mol. The van der Waals surface area contributed by atoms with Gasteiger partial charge in [-0.1, -0.05) is 18.2 Å². The number of carbonyl (C=O) groups is 1. The maximum absolute atomic E-state index is 12.8. The molecule has 0 saturated carbocycles. The van der Waals surface area contributed by atoms with E-state index in [1.807, 2.05) is 19.2 Å². The van der Waals surface area contributed by atoms with Gasteiger partial charge in [0.2, 0.25) is 0 Å². The van der Waals surface area contributed by atoms with Crippen LogP contribution in [0, 0.1) is 0 Å². The minimum Gasteiger partial charge on any atom is -0.316 e. The third-order valence-corrected chi connectivity index (χ3v) is 6.72. The molecule has 0 spiro atoms. The number of amides is 2. The summed E-state index contributed by atoms with van der Waals surface area (Å²) in [6.45, 7) is 0.702. The Balaban J connectivity index is 1.60. The lowest BCUT2D eigenvalue weighted by molar-refractivity contribution is 0.260. The van der Waals surface area contributed by atoms with E-state index in [1.54, 1.807) is 12.1 Å². The molecule has 0 saturated heterocycles. The number of urea groups is 1. The van der Waals surface area contributed by atoms with Crippen LogP contribution in [0.25, 0.3) is 0 Å². The molecule has 4 N–H and O–H groups in total. The van der Waals surface area contributed by atoms with Gasteiger partial charge >= 0.3 is 6.03 Å². The Morgan fingerprint density at radius 1 is 1.11 bits per heavy atom. The topological polar surface area (TPSA) is 96.6 Å². The molecule has 2 aliphatic carbocycles. The van der Waals surface area contributed by atoms with Crippen molar-refractivity contribution in [2.24, 2.45) is 9.50 Å². The normalized spacial score (nSPS) is 16.7. The number of nitrogens with two attached hydrogens (primary N) is 1. The van der Waals surface area contributed by atoms with Gasteiger partial charge in [-0.05, 0) is 79.1 Å². The molecule has 0 unspecified atom stereocenters. The molecule has 2 amide bonds. The van der Waals surface area contributed by atoms with Gasteiger partial charge < -0.3 is 10.6 Å².